The third kappa shape index (κ3) is 9.91. The number of nitrogens with two attached hydrogens (primary N) is 1. The van der Waals surface area contributed by atoms with E-state index in [4.69, 9.17) is 15.5 Å². The fourth-order valence-electron chi connectivity index (χ4n) is 3.50. The van der Waals surface area contributed by atoms with Crippen LogP contribution >= 0.6 is 24.0 Å². The van der Waals surface area contributed by atoms with Gasteiger partial charge in [-0.2, -0.15) is 0 Å². The average molecular weight is 496 g/mol. The van der Waals surface area contributed by atoms with Gasteiger partial charge in [0.15, 0.2) is 5.96 Å². The lowest BCUT2D eigenvalue weighted by Crippen LogP contribution is -2.50. The molecule has 0 spiro atoms. The van der Waals surface area contributed by atoms with E-state index in [2.05, 4.69) is 34.3 Å². The van der Waals surface area contributed by atoms with Crippen molar-refractivity contribution < 1.29 is 9.53 Å². The van der Waals surface area contributed by atoms with Crippen LogP contribution in [0.5, 0.6) is 0 Å². The minimum atomic E-state index is -0.249. The van der Waals surface area contributed by atoms with Crippen LogP contribution in [-0.4, -0.2) is 93.3 Å². The van der Waals surface area contributed by atoms with Gasteiger partial charge in [0.05, 0.1) is 19.8 Å². The van der Waals surface area contributed by atoms with Crippen molar-refractivity contribution >= 4 is 35.8 Å². The SMILES string of the molecule is CCNC(=NCC(C)CN1CCOCC1)NC1CCN(CC(N)=O)CC1.I. The van der Waals surface area contributed by atoms with Gasteiger partial charge >= 0.3 is 0 Å². The van der Waals surface area contributed by atoms with Crippen molar-refractivity contribution in [2.45, 2.75) is 32.7 Å². The highest BCUT2D eigenvalue weighted by atomic mass is 127. The normalized spacial score (nSPS) is 21.3. The quantitative estimate of drug-likeness (QED) is 0.250. The zero-order chi connectivity index (χ0) is 18.8. The van der Waals surface area contributed by atoms with Gasteiger partial charge in [-0.1, -0.05) is 6.92 Å². The Kier molecular flexibility index (Phi) is 12.2. The molecular formula is C18H37IN6O2. The van der Waals surface area contributed by atoms with Crippen molar-refractivity contribution in [2.75, 3.05) is 65.6 Å². The van der Waals surface area contributed by atoms with Gasteiger partial charge in [-0.15, -0.1) is 24.0 Å². The number of guanidine groups is 1. The van der Waals surface area contributed by atoms with E-state index in [-0.39, 0.29) is 29.9 Å². The number of carbonyl (C=O) groups is 1. The van der Waals surface area contributed by atoms with Crippen LogP contribution < -0.4 is 16.4 Å². The van der Waals surface area contributed by atoms with Gasteiger partial charge in [-0.25, -0.2) is 0 Å². The molecule has 1 atom stereocenters. The van der Waals surface area contributed by atoms with E-state index in [9.17, 15) is 4.79 Å². The minimum absolute atomic E-state index is 0. The number of hydrogen-bond donors (Lipinski definition) is 3. The number of morpholine rings is 1. The molecule has 2 aliphatic heterocycles. The van der Waals surface area contributed by atoms with Crippen LogP contribution in [0, 0.1) is 5.92 Å². The minimum Gasteiger partial charge on any atom is -0.379 e. The number of nitrogens with zero attached hydrogens (tertiary/aromatic N) is 3. The van der Waals surface area contributed by atoms with Crippen LogP contribution in [0.4, 0.5) is 0 Å². The summed E-state index contributed by atoms with van der Waals surface area (Å²) >= 11 is 0. The van der Waals surface area contributed by atoms with E-state index < -0.39 is 0 Å². The van der Waals surface area contributed by atoms with Crippen LogP contribution in [0.1, 0.15) is 26.7 Å². The number of ether oxygens (including phenoxy) is 1. The van der Waals surface area contributed by atoms with Gasteiger partial charge < -0.3 is 21.1 Å². The van der Waals surface area contributed by atoms with Gasteiger partial charge in [0.2, 0.25) is 5.91 Å². The lowest BCUT2D eigenvalue weighted by atomic mass is 10.1. The number of rotatable bonds is 8. The van der Waals surface area contributed by atoms with Gasteiger partial charge in [0, 0.05) is 51.9 Å². The molecule has 158 valence electrons. The summed E-state index contributed by atoms with van der Waals surface area (Å²) in [5, 5.41) is 6.90. The Hall–Kier alpha value is -0.650. The molecule has 0 bridgehead atoms. The van der Waals surface area contributed by atoms with Crippen LogP contribution in [-0.2, 0) is 9.53 Å². The molecule has 4 N–H and O–H groups in total. The number of aliphatic imine (C=N–C) groups is 1. The lowest BCUT2D eigenvalue weighted by molar-refractivity contribution is -0.119. The van der Waals surface area contributed by atoms with Gasteiger partial charge in [0.25, 0.3) is 0 Å². The first kappa shape index (κ1) is 24.4. The molecule has 8 nitrogen and oxygen atoms in total. The maximum absolute atomic E-state index is 11.0. The Morgan fingerprint density at radius 1 is 1.22 bits per heavy atom. The Balaban J connectivity index is 0.00000364. The van der Waals surface area contributed by atoms with Crippen molar-refractivity contribution in [2.24, 2.45) is 16.6 Å². The molecule has 0 aromatic heterocycles. The molecule has 0 aromatic rings. The predicted molar refractivity (Wildman–Crippen MR) is 120 cm³/mol. The Bertz CT molecular complexity index is 451. The molecule has 2 aliphatic rings. The van der Waals surface area contributed by atoms with E-state index >= 15 is 0 Å². The van der Waals surface area contributed by atoms with Crippen LogP contribution in [0.25, 0.3) is 0 Å². The molecule has 2 rings (SSSR count). The fraction of sp³-hybridized carbons (Fsp3) is 0.889. The zero-order valence-corrected chi connectivity index (χ0v) is 19.1. The summed E-state index contributed by atoms with van der Waals surface area (Å²) in [5.41, 5.74) is 5.28. The highest BCUT2D eigenvalue weighted by Crippen LogP contribution is 2.10. The van der Waals surface area contributed by atoms with E-state index in [0.29, 0.717) is 18.5 Å². The van der Waals surface area contributed by atoms with Crippen molar-refractivity contribution in [1.29, 1.82) is 0 Å². The second kappa shape index (κ2) is 13.5. The average Bonchev–Trinajstić information content (AvgIpc) is 2.62. The fourth-order valence-corrected chi connectivity index (χ4v) is 3.50. The number of hydrogen-bond acceptors (Lipinski definition) is 5. The number of piperidine rings is 1. The summed E-state index contributed by atoms with van der Waals surface area (Å²) in [4.78, 5) is 20.4. The molecule has 1 unspecified atom stereocenters. The van der Waals surface area contributed by atoms with Crippen molar-refractivity contribution in [1.82, 2.24) is 20.4 Å². The maximum Gasteiger partial charge on any atom is 0.231 e. The first-order valence-electron chi connectivity index (χ1n) is 9.92. The van der Waals surface area contributed by atoms with Gasteiger partial charge in [0.1, 0.15) is 0 Å². The Morgan fingerprint density at radius 3 is 2.48 bits per heavy atom. The number of carbonyl (C=O) groups excluding carboxylic acids is 1. The first-order chi connectivity index (χ1) is 12.6. The van der Waals surface area contributed by atoms with Crippen molar-refractivity contribution in [3.63, 3.8) is 0 Å². The highest BCUT2D eigenvalue weighted by molar-refractivity contribution is 14.0. The number of halogens is 1. The molecule has 2 fully saturated rings. The topological polar surface area (TPSA) is 95.2 Å². The lowest BCUT2D eigenvalue weighted by Gasteiger charge is -2.32. The molecule has 0 saturated carbocycles. The number of likely N-dealkylation sites (tertiary alicyclic amines) is 1. The standard InChI is InChI=1S/C18H36N6O2.HI/c1-3-20-18(21-12-15(2)13-24-8-10-26-11-9-24)22-16-4-6-23(7-5-16)14-17(19)25;/h15-16H,3-14H2,1-2H3,(H2,19,25)(H2,20,21,22);1H. The smallest absolute Gasteiger partial charge is 0.231 e. The third-order valence-corrected chi connectivity index (χ3v) is 4.89. The third-order valence-electron chi connectivity index (χ3n) is 4.89. The summed E-state index contributed by atoms with van der Waals surface area (Å²) in [7, 11) is 0. The molecular weight excluding hydrogens is 459 g/mol. The van der Waals surface area contributed by atoms with Crippen LogP contribution in [0.2, 0.25) is 0 Å². The molecule has 2 saturated heterocycles. The second-order valence-electron chi connectivity index (χ2n) is 7.40. The molecule has 2 heterocycles. The van der Waals surface area contributed by atoms with Crippen LogP contribution in [0.3, 0.4) is 0 Å². The van der Waals surface area contributed by atoms with Crippen molar-refractivity contribution in [3.05, 3.63) is 0 Å². The predicted octanol–water partition coefficient (Wildman–Crippen LogP) is 0.0775. The Morgan fingerprint density at radius 2 is 1.89 bits per heavy atom. The van der Waals surface area contributed by atoms with E-state index in [1.165, 1.54) is 0 Å². The first-order valence-corrected chi connectivity index (χ1v) is 9.92. The summed E-state index contributed by atoms with van der Waals surface area (Å²) < 4.78 is 5.41. The molecule has 0 radical (unpaired) electrons. The number of nitrogens with one attached hydrogen (secondary N) is 2. The summed E-state index contributed by atoms with van der Waals surface area (Å²) in [6.45, 7) is 13.0. The number of primary amides is 1. The number of amides is 1. The summed E-state index contributed by atoms with van der Waals surface area (Å²) in [6, 6.07) is 0.395. The molecule has 27 heavy (non-hydrogen) atoms. The monoisotopic (exact) mass is 496 g/mol. The maximum atomic E-state index is 11.0. The molecule has 0 aliphatic carbocycles. The highest BCUT2D eigenvalue weighted by Gasteiger charge is 2.21. The van der Waals surface area contributed by atoms with Gasteiger partial charge in [-0.3, -0.25) is 19.6 Å². The largest absolute Gasteiger partial charge is 0.379 e. The van der Waals surface area contributed by atoms with Crippen LogP contribution in [0.15, 0.2) is 4.99 Å². The summed E-state index contributed by atoms with van der Waals surface area (Å²) in [6.07, 6.45) is 2.00. The van der Waals surface area contributed by atoms with E-state index in [1.54, 1.807) is 0 Å². The Labute approximate surface area is 180 Å². The summed E-state index contributed by atoms with van der Waals surface area (Å²) in [5.74, 6) is 1.16. The van der Waals surface area contributed by atoms with E-state index in [0.717, 1.165) is 77.8 Å². The molecule has 9 heteroatoms. The molecule has 0 aromatic carbocycles. The van der Waals surface area contributed by atoms with E-state index in [1.807, 2.05) is 0 Å². The zero-order valence-electron chi connectivity index (χ0n) is 16.8. The van der Waals surface area contributed by atoms with Gasteiger partial charge in [-0.05, 0) is 25.7 Å². The second-order valence-corrected chi connectivity index (χ2v) is 7.40. The van der Waals surface area contributed by atoms with Crippen molar-refractivity contribution in [3.8, 4) is 0 Å². The molecule has 1 amide bonds.